The third kappa shape index (κ3) is 7.37. The van der Waals surface area contributed by atoms with Gasteiger partial charge in [-0.2, -0.15) is 0 Å². The van der Waals surface area contributed by atoms with Gasteiger partial charge in [0.25, 0.3) is 0 Å². The summed E-state index contributed by atoms with van der Waals surface area (Å²) in [6, 6.07) is 71.0. The molecular formula is C81H70O2. The van der Waals surface area contributed by atoms with Crippen LogP contribution in [0.3, 0.4) is 0 Å². The Morgan fingerprint density at radius 3 is 0.795 bits per heavy atom. The molecule has 0 radical (unpaired) electrons. The van der Waals surface area contributed by atoms with Gasteiger partial charge in [0, 0.05) is 39.6 Å². The van der Waals surface area contributed by atoms with Crippen LogP contribution in [0.25, 0.3) is 100 Å². The van der Waals surface area contributed by atoms with E-state index in [9.17, 15) is 4.79 Å². The van der Waals surface area contributed by atoms with E-state index in [2.05, 4.69) is 265 Å². The molecule has 15 rings (SSSR count). The van der Waals surface area contributed by atoms with E-state index in [0.717, 1.165) is 0 Å². The van der Waals surface area contributed by atoms with E-state index in [1.165, 1.54) is 173 Å². The third-order valence-corrected chi connectivity index (χ3v) is 20.7. The molecule has 0 atom stereocenters. The van der Waals surface area contributed by atoms with Crippen molar-refractivity contribution in [3.63, 3.8) is 0 Å². The van der Waals surface area contributed by atoms with E-state index < -0.39 is 0 Å². The second-order valence-electron chi connectivity index (χ2n) is 27.3. The highest BCUT2D eigenvalue weighted by atomic mass is 16.5. The number of benzene rings is 10. The zero-order valence-corrected chi connectivity index (χ0v) is 49.8. The first-order valence-corrected chi connectivity index (χ1v) is 29.9. The van der Waals surface area contributed by atoms with Gasteiger partial charge >= 0.3 is 5.97 Å². The molecule has 10 aromatic carbocycles. The molecule has 0 aromatic heterocycles. The molecule has 0 fully saturated rings. The third-order valence-electron chi connectivity index (χ3n) is 20.7. The number of carbonyl (C=O) groups is 1. The van der Waals surface area contributed by atoms with E-state index in [1.54, 1.807) is 0 Å². The minimum Gasteiger partial charge on any atom is -0.462 e. The fourth-order valence-corrected chi connectivity index (χ4v) is 15.8. The lowest BCUT2D eigenvalue weighted by Crippen LogP contribution is -2.16. The zero-order valence-electron chi connectivity index (χ0n) is 49.8. The van der Waals surface area contributed by atoms with Crippen molar-refractivity contribution in [1.82, 2.24) is 0 Å². The number of carbonyl (C=O) groups excluding carboxylic acids is 1. The first-order valence-electron chi connectivity index (χ1n) is 29.9. The number of aryl methyl sites for hydroxylation is 1. The average molecular weight is 1080 g/mol. The van der Waals surface area contributed by atoms with Crippen molar-refractivity contribution < 1.29 is 9.53 Å². The smallest absolute Gasteiger partial charge is 0.330 e. The fourth-order valence-electron chi connectivity index (χ4n) is 15.8. The Balaban J connectivity index is 0.682. The summed E-state index contributed by atoms with van der Waals surface area (Å²) in [6.45, 7) is 30.0. The molecule has 0 saturated heterocycles. The van der Waals surface area contributed by atoms with Crippen molar-refractivity contribution in [2.45, 2.75) is 110 Å². The van der Waals surface area contributed by atoms with Crippen LogP contribution in [0.15, 0.2) is 195 Å². The monoisotopic (exact) mass is 1070 g/mol. The van der Waals surface area contributed by atoms with Gasteiger partial charge in [0.2, 0.25) is 0 Å². The molecule has 10 aromatic rings. The quantitative estimate of drug-likeness (QED) is 0.112. The summed E-state index contributed by atoms with van der Waals surface area (Å²) in [5.41, 5.74) is 39.0. The molecule has 2 nitrogen and oxygen atoms in total. The van der Waals surface area contributed by atoms with Crippen LogP contribution in [0, 0.1) is 6.92 Å². The molecule has 0 amide bonds. The lowest BCUT2D eigenvalue weighted by atomic mass is 9.79. The highest BCUT2D eigenvalue weighted by Gasteiger charge is 2.42. The van der Waals surface area contributed by atoms with Crippen molar-refractivity contribution in [3.05, 3.63) is 261 Å². The summed E-state index contributed by atoms with van der Waals surface area (Å²) in [7, 11) is 0. The molecule has 83 heavy (non-hydrogen) atoms. The molecule has 5 aliphatic rings. The van der Waals surface area contributed by atoms with Crippen molar-refractivity contribution in [1.29, 1.82) is 0 Å². The number of fused-ring (bicyclic) bond motifs is 15. The molecule has 2 heteroatoms. The number of esters is 1. The van der Waals surface area contributed by atoms with Gasteiger partial charge in [-0.15, -0.1) is 0 Å². The lowest BCUT2D eigenvalue weighted by molar-refractivity contribution is -0.137. The minimum atomic E-state index is -0.383. The fraction of sp³-hybridized carbons (Fsp3) is 0.222. The summed E-state index contributed by atoms with van der Waals surface area (Å²) in [6.07, 6.45) is 1.89. The second-order valence-corrected chi connectivity index (χ2v) is 27.3. The summed E-state index contributed by atoms with van der Waals surface area (Å²) in [4.78, 5) is 11.7. The van der Waals surface area contributed by atoms with Crippen molar-refractivity contribution in [2.75, 3.05) is 6.61 Å². The van der Waals surface area contributed by atoms with Gasteiger partial charge in [-0.05, 0) is 217 Å². The standard InChI is InChI=1S/C81H70O2/c1-13-76(82)83-35-34-47-15-25-57-59-27-17-49(39-69(59)78(5,6)67(57)37-47)51-19-29-61-63-31-21-53(43-73(63)80(9,10)71(61)41-51)55-23-33-65-64-32-22-54(44-74(64)81(11,12)75(65)45-55)52-20-30-62-60-28-18-50(40-70(60)79(7,8)72(62)42-52)48-16-26-58-56-24-14-46(2)36-66(56)77(3,4)68(58)38-48/h13-33,36-45H,1,34-35H2,2-12H3. The Hall–Kier alpha value is -8.59. The molecule has 406 valence electrons. The highest BCUT2D eigenvalue weighted by molar-refractivity contribution is 5.92. The number of hydrogen-bond donors (Lipinski definition) is 0. The van der Waals surface area contributed by atoms with Crippen LogP contribution in [0.1, 0.15) is 136 Å². The van der Waals surface area contributed by atoms with E-state index in [0.29, 0.717) is 13.0 Å². The molecule has 5 aliphatic carbocycles. The summed E-state index contributed by atoms with van der Waals surface area (Å²) < 4.78 is 5.31. The Morgan fingerprint density at radius 2 is 0.542 bits per heavy atom. The van der Waals surface area contributed by atoms with Crippen LogP contribution in [0.5, 0.6) is 0 Å². The largest absolute Gasteiger partial charge is 0.462 e. The van der Waals surface area contributed by atoms with Crippen molar-refractivity contribution in [2.24, 2.45) is 0 Å². The van der Waals surface area contributed by atoms with E-state index >= 15 is 0 Å². The van der Waals surface area contributed by atoms with Gasteiger partial charge in [0.05, 0.1) is 6.61 Å². The van der Waals surface area contributed by atoms with Crippen LogP contribution in [-0.4, -0.2) is 12.6 Å². The summed E-state index contributed by atoms with van der Waals surface area (Å²) in [5, 5.41) is 0. The van der Waals surface area contributed by atoms with Crippen LogP contribution in [0.4, 0.5) is 0 Å². The maximum absolute atomic E-state index is 11.7. The topological polar surface area (TPSA) is 26.3 Å². The predicted octanol–water partition coefficient (Wildman–Crippen LogP) is 20.5. The Labute approximate surface area is 490 Å². The minimum absolute atomic E-state index is 0.0438. The number of rotatable bonds is 8. The summed E-state index contributed by atoms with van der Waals surface area (Å²) in [5.74, 6) is -0.383. The molecule has 0 N–H and O–H groups in total. The average Bonchev–Trinajstić information content (AvgIpc) is 2.11. The predicted molar refractivity (Wildman–Crippen MR) is 346 cm³/mol. The van der Waals surface area contributed by atoms with E-state index in [1.807, 2.05) is 0 Å². The Morgan fingerprint density at radius 1 is 0.325 bits per heavy atom. The first kappa shape index (κ1) is 51.3. The van der Waals surface area contributed by atoms with Crippen LogP contribution in [-0.2, 0) is 43.0 Å². The maximum atomic E-state index is 11.7. The molecule has 0 bridgehead atoms. The van der Waals surface area contributed by atoms with Gasteiger partial charge < -0.3 is 4.74 Å². The molecule has 0 aliphatic heterocycles. The van der Waals surface area contributed by atoms with Crippen LogP contribution < -0.4 is 0 Å². The molecule has 0 unspecified atom stereocenters. The van der Waals surface area contributed by atoms with Gasteiger partial charge in [-0.3, -0.25) is 0 Å². The lowest BCUT2D eigenvalue weighted by Gasteiger charge is -2.24. The number of hydrogen-bond acceptors (Lipinski definition) is 2. The highest BCUT2D eigenvalue weighted by Crippen LogP contribution is 2.57. The van der Waals surface area contributed by atoms with Gasteiger partial charge in [0.1, 0.15) is 0 Å². The normalized spacial score (nSPS) is 16.3. The number of ether oxygens (including phenoxy) is 1. The van der Waals surface area contributed by atoms with Crippen molar-refractivity contribution >= 4 is 5.97 Å². The Kier molecular flexibility index (Phi) is 10.8. The summed E-state index contributed by atoms with van der Waals surface area (Å²) >= 11 is 0. The molecule has 0 saturated carbocycles. The van der Waals surface area contributed by atoms with Gasteiger partial charge in [-0.1, -0.05) is 215 Å². The van der Waals surface area contributed by atoms with Gasteiger partial charge in [0.15, 0.2) is 0 Å². The second kappa shape index (κ2) is 17.5. The maximum Gasteiger partial charge on any atom is 0.330 e. The van der Waals surface area contributed by atoms with Gasteiger partial charge in [-0.25, -0.2) is 4.79 Å². The van der Waals surface area contributed by atoms with E-state index in [-0.39, 0.29) is 33.0 Å². The van der Waals surface area contributed by atoms with Crippen molar-refractivity contribution in [3.8, 4) is 100 Å². The van der Waals surface area contributed by atoms with Crippen LogP contribution in [0.2, 0.25) is 0 Å². The molecule has 0 heterocycles. The SMILES string of the molecule is C=CC(=O)OCCc1ccc2c(c1)C(C)(C)c1cc(-c3ccc4c(c3)C(C)(C)c3cc(-c5ccc6c(c5)C(C)(C)c5cc(-c7ccc8c(c7)C(C)(C)c7cc(-c9ccc%10c(c9)C(C)(C)c9cc(C)ccc9-%10)ccc7-8)ccc5-6)ccc3-4)ccc1-2. The Bertz CT molecular complexity index is 4540. The molecule has 0 spiro atoms. The zero-order chi connectivity index (χ0) is 57.4. The van der Waals surface area contributed by atoms with E-state index in [4.69, 9.17) is 4.74 Å². The molecular weight excluding hydrogens is 1000 g/mol. The van der Waals surface area contributed by atoms with Crippen LogP contribution >= 0.6 is 0 Å². The first-order chi connectivity index (χ1) is 39.6.